The van der Waals surface area contributed by atoms with E-state index in [1.54, 1.807) is 6.92 Å². The molecular formula is C11H19NO. The molecular weight excluding hydrogens is 162 g/mol. The van der Waals surface area contributed by atoms with E-state index in [0.29, 0.717) is 6.42 Å². The van der Waals surface area contributed by atoms with Crippen LogP contribution in [0.1, 0.15) is 33.1 Å². The van der Waals surface area contributed by atoms with Crippen LogP contribution in [0, 0.1) is 11.8 Å². The van der Waals surface area contributed by atoms with Crippen LogP contribution < -0.4 is 0 Å². The van der Waals surface area contributed by atoms with E-state index in [2.05, 4.69) is 16.7 Å². The second-order valence-corrected chi connectivity index (χ2v) is 3.91. The van der Waals surface area contributed by atoms with Gasteiger partial charge in [-0.3, -0.25) is 4.90 Å². The summed E-state index contributed by atoms with van der Waals surface area (Å²) < 4.78 is 0. The molecule has 1 N–H and O–H groups in total. The van der Waals surface area contributed by atoms with Gasteiger partial charge < -0.3 is 5.11 Å². The Morgan fingerprint density at radius 3 is 2.54 bits per heavy atom. The van der Waals surface area contributed by atoms with E-state index in [4.69, 9.17) is 0 Å². The lowest BCUT2D eigenvalue weighted by molar-refractivity contribution is 0.118. The zero-order valence-corrected chi connectivity index (χ0v) is 8.64. The lowest BCUT2D eigenvalue weighted by atomic mass is 10.1. The molecule has 0 spiro atoms. The maximum atomic E-state index is 9.60. The van der Waals surface area contributed by atoms with Gasteiger partial charge >= 0.3 is 0 Å². The normalized spacial score (nSPS) is 22.1. The Morgan fingerprint density at radius 1 is 1.38 bits per heavy atom. The summed E-state index contributed by atoms with van der Waals surface area (Å²) in [5.41, 5.74) is -0.792. The minimum Gasteiger partial charge on any atom is -0.378 e. The lowest BCUT2D eigenvalue weighted by Crippen LogP contribution is -2.22. The molecule has 1 unspecified atom stereocenters. The fraction of sp³-hybridized carbons (Fsp3) is 0.818. The minimum atomic E-state index is -0.792. The lowest BCUT2D eigenvalue weighted by Gasteiger charge is -2.13. The molecule has 0 saturated carbocycles. The molecule has 0 radical (unpaired) electrons. The van der Waals surface area contributed by atoms with Crippen molar-refractivity contribution < 1.29 is 5.11 Å². The molecule has 0 aromatic rings. The van der Waals surface area contributed by atoms with Crippen molar-refractivity contribution >= 4 is 0 Å². The monoisotopic (exact) mass is 181 g/mol. The number of nitrogens with zero attached hydrogens (tertiary/aromatic N) is 1. The van der Waals surface area contributed by atoms with E-state index < -0.39 is 5.60 Å². The van der Waals surface area contributed by atoms with Crippen molar-refractivity contribution in [1.82, 2.24) is 4.90 Å². The fourth-order valence-corrected chi connectivity index (χ4v) is 1.37. The van der Waals surface area contributed by atoms with Gasteiger partial charge in [-0.2, -0.15) is 0 Å². The summed E-state index contributed by atoms with van der Waals surface area (Å²) >= 11 is 0. The Hall–Kier alpha value is -0.520. The summed E-state index contributed by atoms with van der Waals surface area (Å²) in [4.78, 5) is 2.33. The molecule has 1 atom stereocenters. The predicted octanol–water partition coefficient (Wildman–Crippen LogP) is 1.25. The summed E-state index contributed by atoms with van der Waals surface area (Å²) in [6.45, 7) is 6.87. The van der Waals surface area contributed by atoms with E-state index in [1.807, 2.05) is 6.92 Å². The molecule has 1 aliphatic heterocycles. The molecule has 0 aromatic carbocycles. The van der Waals surface area contributed by atoms with E-state index in [9.17, 15) is 5.11 Å². The molecule has 1 fully saturated rings. The van der Waals surface area contributed by atoms with Crippen molar-refractivity contribution in [2.75, 3.05) is 19.6 Å². The molecule has 1 rings (SSSR count). The fourth-order valence-electron chi connectivity index (χ4n) is 1.37. The van der Waals surface area contributed by atoms with E-state index in [0.717, 1.165) is 6.54 Å². The van der Waals surface area contributed by atoms with E-state index in [-0.39, 0.29) is 0 Å². The highest BCUT2D eigenvalue weighted by molar-refractivity contribution is 5.12. The third kappa shape index (κ3) is 3.80. The average molecular weight is 181 g/mol. The van der Waals surface area contributed by atoms with Crippen LogP contribution in [0.4, 0.5) is 0 Å². The quantitative estimate of drug-likeness (QED) is 0.648. The number of aliphatic hydroxyl groups is 1. The highest BCUT2D eigenvalue weighted by Crippen LogP contribution is 2.07. The van der Waals surface area contributed by atoms with Gasteiger partial charge in [0.25, 0.3) is 0 Å². The first kappa shape index (κ1) is 10.6. The minimum absolute atomic E-state index is 0.694. The molecule has 1 aliphatic rings. The van der Waals surface area contributed by atoms with Crippen LogP contribution in [-0.2, 0) is 0 Å². The Bertz CT molecular complexity index is 206. The van der Waals surface area contributed by atoms with Crippen molar-refractivity contribution in [2.45, 2.75) is 38.7 Å². The smallest absolute Gasteiger partial charge is 0.122 e. The number of hydrogen-bond donors (Lipinski definition) is 1. The van der Waals surface area contributed by atoms with Crippen LogP contribution in [0.2, 0.25) is 0 Å². The second kappa shape index (κ2) is 4.64. The number of likely N-dealkylation sites (tertiary alicyclic amines) is 1. The maximum Gasteiger partial charge on any atom is 0.122 e. The van der Waals surface area contributed by atoms with Crippen LogP contribution in [0.3, 0.4) is 0 Å². The van der Waals surface area contributed by atoms with Gasteiger partial charge in [0.15, 0.2) is 0 Å². The Kier molecular flexibility index (Phi) is 3.77. The first-order valence-electron chi connectivity index (χ1n) is 5.09. The summed E-state index contributed by atoms with van der Waals surface area (Å²) in [5.74, 6) is 5.94. The number of hydrogen-bond acceptors (Lipinski definition) is 2. The van der Waals surface area contributed by atoms with Crippen LogP contribution in [0.5, 0.6) is 0 Å². The highest BCUT2D eigenvalue weighted by atomic mass is 16.3. The van der Waals surface area contributed by atoms with Crippen LogP contribution in [0.25, 0.3) is 0 Å². The molecule has 13 heavy (non-hydrogen) atoms. The van der Waals surface area contributed by atoms with Crippen LogP contribution in [0.15, 0.2) is 0 Å². The third-order valence-electron chi connectivity index (χ3n) is 2.55. The first-order valence-corrected chi connectivity index (χ1v) is 5.09. The summed E-state index contributed by atoms with van der Waals surface area (Å²) in [7, 11) is 0. The molecule has 1 saturated heterocycles. The van der Waals surface area contributed by atoms with E-state index >= 15 is 0 Å². The molecule has 1 heterocycles. The zero-order valence-electron chi connectivity index (χ0n) is 8.64. The van der Waals surface area contributed by atoms with Crippen molar-refractivity contribution in [2.24, 2.45) is 0 Å². The SMILES string of the molecule is CCC(C)(O)C#CCN1CCCC1. The Morgan fingerprint density at radius 2 is 2.00 bits per heavy atom. The molecule has 2 nitrogen and oxygen atoms in total. The van der Waals surface area contributed by atoms with Gasteiger partial charge in [-0.15, -0.1) is 0 Å². The summed E-state index contributed by atoms with van der Waals surface area (Å²) in [6, 6.07) is 0. The molecule has 0 aliphatic carbocycles. The van der Waals surface area contributed by atoms with Crippen molar-refractivity contribution in [1.29, 1.82) is 0 Å². The van der Waals surface area contributed by atoms with Gasteiger partial charge in [-0.25, -0.2) is 0 Å². The predicted molar refractivity (Wildman–Crippen MR) is 54.4 cm³/mol. The zero-order chi connectivity index (χ0) is 9.73. The van der Waals surface area contributed by atoms with Crippen molar-refractivity contribution in [3.63, 3.8) is 0 Å². The van der Waals surface area contributed by atoms with Gasteiger partial charge in [-0.1, -0.05) is 18.8 Å². The standard InChI is InChI=1S/C11H19NO/c1-3-11(2,13)7-6-10-12-8-4-5-9-12/h13H,3-5,8-10H2,1-2H3. The Balaban J connectivity index is 2.30. The first-order chi connectivity index (χ1) is 6.14. The van der Waals surface area contributed by atoms with Crippen molar-refractivity contribution in [3.8, 4) is 11.8 Å². The van der Waals surface area contributed by atoms with Crippen molar-refractivity contribution in [3.05, 3.63) is 0 Å². The largest absolute Gasteiger partial charge is 0.378 e. The highest BCUT2D eigenvalue weighted by Gasteiger charge is 2.13. The van der Waals surface area contributed by atoms with Gasteiger partial charge in [0.2, 0.25) is 0 Å². The molecule has 2 heteroatoms. The maximum absolute atomic E-state index is 9.60. The molecule has 0 amide bonds. The molecule has 0 bridgehead atoms. The Labute approximate surface area is 80.9 Å². The molecule has 0 aromatic heterocycles. The van der Waals surface area contributed by atoms with Gasteiger partial charge in [0.05, 0.1) is 6.54 Å². The topological polar surface area (TPSA) is 23.5 Å². The third-order valence-corrected chi connectivity index (χ3v) is 2.55. The second-order valence-electron chi connectivity index (χ2n) is 3.91. The average Bonchev–Trinajstić information content (AvgIpc) is 2.57. The van der Waals surface area contributed by atoms with Gasteiger partial charge in [0.1, 0.15) is 5.60 Å². The van der Waals surface area contributed by atoms with Crippen LogP contribution in [-0.4, -0.2) is 35.2 Å². The van der Waals surface area contributed by atoms with E-state index in [1.165, 1.54) is 25.9 Å². The molecule has 74 valence electrons. The van der Waals surface area contributed by atoms with Gasteiger partial charge in [-0.05, 0) is 39.3 Å². The van der Waals surface area contributed by atoms with Crippen LogP contribution >= 0.6 is 0 Å². The summed E-state index contributed by atoms with van der Waals surface area (Å²) in [5, 5.41) is 9.60. The van der Waals surface area contributed by atoms with Gasteiger partial charge in [0, 0.05) is 0 Å². The summed E-state index contributed by atoms with van der Waals surface area (Å²) in [6.07, 6.45) is 3.29. The number of rotatable bonds is 2.